The van der Waals surface area contributed by atoms with Crippen LogP contribution in [-0.4, -0.2) is 36.2 Å². The van der Waals surface area contributed by atoms with Crippen LogP contribution in [0.1, 0.15) is 40.5 Å². The summed E-state index contributed by atoms with van der Waals surface area (Å²) in [5.74, 6) is -4.91. The molecule has 0 aromatic rings. The van der Waals surface area contributed by atoms with Gasteiger partial charge in [-0.25, -0.2) is 13.6 Å². The molecule has 0 aliphatic heterocycles. The molecule has 0 bridgehead atoms. The average molecular weight is 293 g/mol. The second-order valence-corrected chi connectivity index (χ2v) is 5.78. The van der Waals surface area contributed by atoms with Crippen LogP contribution in [0.5, 0.6) is 0 Å². The van der Waals surface area contributed by atoms with Crippen LogP contribution < -0.4 is 5.32 Å². The van der Waals surface area contributed by atoms with Gasteiger partial charge in [0, 0.05) is 6.42 Å². The highest BCUT2D eigenvalue weighted by Crippen LogP contribution is 2.40. The molecule has 7 heteroatoms. The molecule has 0 aromatic heterocycles. The molecule has 5 nitrogen and oxygen atoms in total. The molecule has 116 valence electrons. The number of alkyl carbamates (subject to hydrolysis) is 1. The summed E-state index contributed by atoms with van der Waals surface area (Å²) in [5, 5.41) is 2.10. The Morgan fingerprint density at radius 3 is 2.45 bits per heavy atom. The number of nitrogens with one attached hydrogen (secondary N) is 1. The average Bonchev–Trinajstić information content (AvgIpc) is 2.52. The molecule has 1 N–H and O–H groups in total. The van der Waals surface area contributed by atoms with E-state index in [2.05, 4.69) is 5.32 Å². The Morgan fingerprint density at radius 1 is 1.35 bits per heavy atom. The number of alkyl halides is 2. The maximum Gasteiger partial charge on any atom is 0.408 e. The Balaban J connectivity index is 2.76. The van der Waals surface area contributed by atoms with Gasteiger partial charge in [-0.05, 0) is 34.1 Å². The highest BCUT2D eigenvalue weighted by molar-refractivity contribution is 5.76. The Labute approximate surface area is 117 Å². The van der Waals surface area contributed by atoms with Crippen LogP contribution in [0.3, 0.4) is 0 Å². The first-order valence-electron chi connectivity index (χ1n) is 6.61. The van der Waals surface area contributed by atoms with Crippen LogP contribution in [0.4, 0.5) is 13.6 Å². The predicted octanol–water partition coefficient (Wildman–Crippen LogP) is 2.49. The molecule has 0 unspecified atom stereocenters. The van der Waals surface area contributed by atoms with E-state index in [-0.39, 0.29) is 13.0 Å². The Kier molecular flexibility index (Phi) is 4.94. The molecule has 1 fully saturated rings. The quantitative estimate of drug-likeness (QED) is 0.812. The minimum Gasteiger partial charge on any atom is -0.466 e. The van der Waals surface area contributed by atoms with Crippen molar-refractivity contribution in [2.45, 2.75) is 58.1 Å². The highest BCUT2D eigenvalue weighted by atomic mass is 19.3. The van der Waals surface area contributed by atoms with Crippen molar-refractivity contribution in [3.8, 4) is 0 Å². The molecule has 0 aromatic carbocycles. The second kappa shape index (κ2) is 5.93. The van der Waals surface area contributed by atoms with Crippen LogP contribution in [0.15, 0.2) is 0 Å². The predicted molar refractivity (Wildman–Crippen MR) is 67.5 cm³/mol. The van der Waals surface area contributed by atoms with Crippen molar-refractivity contribution in [1.29, 1.82) is 0 Å². The third-order valence-electron chi connectivity index (χ3n) is 2.91. The van der Waals surface area contributed by atoms with Gasteiger partial charge in [0.15, 0.2) is 0 Å². The van der Waals surface area contributed by atoms with Gasteiger partial charge in [-0.2, -0.15) is 0 Å². The lowest BCUT2D eigenvalue weighted by Gasteiger charge is -2.26. The zero-order chi connectivity index (χ0) is 15.6. The Morgan fingerprint density at radius 2 is 1.95 bits per heavy atom. The van der Waals surface area contributed by atoms with E-state index in [0.29, 0.717) is 0 Å². The zero-order valence-corrected chi connectivity index (χ0v) is 12.2. The van der Waals surface area contributed by atoms with Gasteiger partial charge in [-0.1, -0.05) is 0 Å². The van der Waals surface area contributed by atoms with E-state index < -0.39 is 42.0 Å². The number of carbonyl (C=O) groups excluding carboxylic acids is 2. The molecular formula is C13H21F2NO4. The van der Waals surface area contributed by atoms with Crippen molar-refractivity contribution < 1.29 is 27.8 Å². The van der Waals surface area contributed by atoms with Gasteiger partial charge in [0.1, 0.15) is 11.6 Å². The number of ether oxygens (including phenoxy) is 2. The summed E-state index contributed by atoms with van der Waals surface area (Å²) in [6.45, 7) is 6.59. The summed E-state index contributed by atoms with van der Waals surface area (Å²) >= 11 is 0. The van der Waals surface area contributed by atoms with E-state index in [0.717, 1.165) is 0 Å². The molecule has 1 aliphatic carbocycles. The zero-order valence-electron chi connectivity index (χ0n) is 12.2. The molecule has 0 spiro atoms. The van der Waals surface area contributed by atoms with Gasteiger partial charge in [0.25, 0.3) is 5.92 Å². The molecule has 1 saturated carbocycles. The second-order valence-electron chi connectivity index (χ2n) is 5.78. The first-order valence-corrected chi connectivity index (χ1v) is 6.61. The van der Waals surface area contributed by atoms with Gasteiger partial charge in [0.05, 0.1) is 12.5 Å². The van der Waals surface area contributed by atoms with Crippen molar-refractivity contribution >= 4 is 12.1 Å². The fraction of sp³-hybridized carbons (Fsp3) is 0.846. The summed E-state index contributed by atoms with van der Waals surface area (Å²) in [5.41, 5.74) is -0.794. The minimum absolute atomic E-state index is 0.0215. The van der Waals surface area contributed by atoms with Crippen molar-refractivity contribution in [2.75, 3.05) is 6.61 Å². The number of carbonyl (C=O) groups is 2. The highest BCUT2D eigenvalue weighted by Gasteiger charge is 2.54. The number of esters is 1. The van der Waals surface area contributed by atoms with Crippen LogP contribution in [0.25, 0.3) is 0 Å². The smallest absolute Gasteiger partial charge is 0.408 e. The van der Waals surface area contributed by atoms with Crippen LogP contribution in [-0.2, 0) is 14.3 Å². The van der Waals surface area contributed by atoms with Crippen LogP contribution in [0.2, 0.25) is 0 Å². The molecule has 20 heavy (non-hydrogen) atoms. The summed E-state index contributed by atoms with van der Waals surface area (Å²) in [7, 11) is 0. The van der Waals surface area contributed by atoms with Crippen molar-refractivity contribution in [3.05, 3.63) is 0 Å². The van der Waals surface area contributed by atoms with Crippen molar-refractivity contribution in [2.24, 2.45) is 5.92 Å². The van der Waals surface area contributed by atoms with Gasteiger partial charge >= 0.3 is 12.1 Å². The van der Waals surface area contributed by atoms with E-state index in [1.807, 2.05) is 0 Å². The lowest BCUT2D eigenvalue weighted by molar-refractivity contribution is -0.150. The van der Waals surface area contributed by atoms with Crippen molar-refractivity contribution in [3.63, 3.8) is 0 Å². The monoisotopic (exact) mass is 293 g/mol. The number of hydrogen-bond acceptors (Lipinski definition) is 4. The van der Waals surface area contributed by atoms with E-state index in [4.69, 9.17) is 9.47 Å². The standard InChI is InChI=1S/C13H21F2NO4/c1-5-19-10(17)8-6-7-13(14,15)9(8)16-11(18)20-12(2,3)4/h8-9H,5-7H2,1-4H3,(H,16,18)/t8-,9+/m1/s1. The van der Waals surface area contributed by atoms with E-state index in [1.54, 1.807) is 27.7 Å². The molecule has 1 amide bonds. The number of halogens is 2. The SMILES string of the molecule is CCOC(=O)[C@@H]1CCC(F)(F)[C@H]1NC(=O)OC(C)(C)C. The van der Waals surface area contributed by atoms with Crippen LogP contribution in [0, 0.1) is 5.92 Å². The first-order chi connectivity index (χ1) is 9.07. The molecule has 0 radical (unpaired) electrons. The molecular weight excluding hydrogens is 272 g/mol. The first kappa shape index (κ1) is 16.7. The lowest BCUT2D eigenvalue weighted by Crippen LogP contribution is -2.50. The van der Waals surface area contributed by atoms with E-state index >= 15 is 0 Å². The minimum atomic E-state index is -3.14. The molecule has 0 saturated heterocycles. The van der Waals surface area contributed by atoms with Gasteiger partial charge < -0.3 is 14.8 Å². The third-order valence-corrected chi connectivity index (χ3v) is 2.91. The largest absolute Gasteiger partial charge is 0.466 e. The summed E-state index contributed by atoms with van der Waals surface area (Å²) < 4.78 is 37.3. The van der Waals surface area contributed by atoms with Gasteiger partial charge in [-0.3, -0.25) is 4.79 Å². The summed E-state index contributed by atoms with van der Waals surface area (Å²) in [6.07, 6.45) is -1.44. The number of amides is 1. The fourth-order valence-corrected chi connectivity index (χ4v) is 2.11. The van der Waals surface area contributed by atoms with Crippen LogP contribution >= 0.6 is 0 Å². The maximum atomic E-state index is 13.8. The van der Waals surface area contributed by atoms with Crippen molar-refractivity contribution in [1.82, 2.24) is 5.32 Å². The Hall–Kier alpha value is -1.40. The molecule has 2 atom stereocenters. The van der Waals surface area contributed by atoms with E-state index in [1.165, 1.54) is 0 Å². The molecule has 1 aliphatic rings. The molecule has 0 heterocycles. The summed E-state index contributed by atoms with van der Waals surface area (Å²) in [6, 6.07) is -1.59. The molecule has 1 rings (SSSR count). The third kappa shape index (κ3) is 4.31. The fourth-order valence-electron chi connectivity index (χ4n) is 2.11. The normalized spacial score (nSPS) is 25.1. The topological polar surface area (TPSA) is 64.6 Å². The number of hydrogen-bond donors (Lipinski definition) is 1. The van der Waals surface area contributed by atoms with Gasteiger partial charge in [-0.15, -0.1) is 0 Å². The Bertz CT molecular complexity index is 379. The maximum absolute atomic E-state index is 13.8. The van der Waals surface area contributed by atoms with Gasteiger partial charge in [0.2, 0.25) is 0 Å². The number of rotatable bonds is 3. The van der Waals surface area contributed by atoms with E-state index in [9.17, 15) is 18.4 Å². The summed E-state index contributed by atoms with van der Waals surface area (Å²) in [4.78, 5) is 23.3. The lowest BCUT2D eigenvalue weighted by atomic mass is 10.0.